The first-order chi connectivity index (χ1) is 17.4. The van der Waals surface area contributed by atoms with Crippen LogP contribution in [0, 0.1) is 11.8 Å². The van der Waals surface area contributed by atoms with Crippen LogP contribution in [0.2, 0.25) is 5.02 Å². The van der Waals surface area contributed by atoms with E-state index in [0.29, 0.717) is 22.2 Å². The van der Waals surface area contributed by atoms with Crippen LogP contribution in [0.25, 0.3) is 16.6 Å². The number of piperidine rings is 1. The molecule has 188 valence electrons. The Morgan fingerprint density at radius 1 is 1.06 bits per heavy atom. The molecule has 0 amide bonds. The summed E-state index contributed by atoms with van der Waals surface area (Å²) in [5, 5.41) is 0.939. The highest BCUT2D eigenvalue weighted by Crippen LogP contribution is 2.45. The fourth-order valence-electron chi connectivity index (χ4n) is 6.83. The molecule has 0 bridgehead atoms. The molecule has 1 saturated carbocycles. The van der Waals surface area contributed by atoms with Crippen LogP contribution in [0.4, 0.5) is 0 Å². The Hall–Kier alpha value is -2.50. The summed E-state index contributed by atoms with van der Waals surface area (Å²) in [6, 6.07) is 12.5. The van der Waals surface area contributed by atoms with E-state index in [0.717, 1.165) is 55.2 Å². The van der Waals surface area contributed by atoms with E-state index < -0.39 is 0 Å². The summed E-state index contributed by atoms with van der Waals surface area (Å²) in [4.78, 5) is 31.1. The molecule has 6 heteroatoms. The van der Waals surface area contributed by atoms with Gasteiger partial charge in [-0.2, -0.15) is 4.98 Å². The van der Waals surface area contributed by atoms with Crippen molar-refractivity contribution in [3.05, 3.63) is 68.7 Å². The van der Waals surface area contributed by atoms with Crippen LogP contribution in [0.15, 0.2) is 41.2 Å². The maximum Gasteiger partial charge on any atom is 0.282 e. The van der Waals surface area contributed by atoms with E-state index in [-0.39, 0.29) is 11.0 Å². The minimum Gasteiger partial charge on any atom is -0.303 e. The Balaban J connectivity index is 1.23. The molecule has 0 unspecified atom stereocenters. The van der Waals surface area contributed by atoms with E-state index in [4.69, 9.17) is 11.6 Å². The highest BCUT2D eigenvalue weighted by molar-refractivity contribution is 6.35. The molecule has 3 heterocycles. The van der Waals surface area contributed by atoms with Gasteiger partial charge in [0.2, 0.25) is 0 Å². The van der Waals surface area contributed by atoms with Crippen LogP contribution in [-0.2, 0) is 10.2 Å². The molecule has 1 aliphatic carbocycles. The predicted octanol–water partition coefficient (Wildman–Crippen LogP) is 5.86. The Kier molecular flexibility index (Phi) is 6.04. The molecule has 0 spiro atoms. The first kappa shape index (κ1) is 23.9. The number of carbonyl (C=O) groups is 1. The zero-order chi connectivity index (χ0) is 25.0. The van der Waals surface area contributed by atoms with Crippen molar-refractivity contribution < 1.29 is 4.79 Å². The molecule has 2 aromatic carbocycles. The standard InChI is InChI=1S/C30H34ClN3O2/c1-30(2)23-16-22(21-12-14-33(15-13-21)17-19-6-8-20(18-35)9-7-19)10-11-25(23)34-26-5-3-4-24(31)27(26)28(36)32-29(30)34/h3-5,10-11,16,18-21H,6-9,12-15,17H2,1-2H3. The fraction of sp³-hybridized carbons (Fsp3) is 0.500. The number of carbonyl (C=O) groups excluding carboxylic acids is 1. The Morgan fingerprint density at radius 2 is 1.81 bits per heavy atom. The van der Waals surface area contributed by atoms with Crippen molar-refractivity contribution in [1.82, 2.24) is 14.5 Å². The van der Waals surface area contributed by atoms with Crippen molar-refractivity contribution in [2.45, 2.75) is 63.7 Å². The van der Waals surface area contributed by atoms with Crippen LogP contribution in [0.5, 0.6) is 0 Å². The fourth-order valence-corrected chi connectivity index (χ4v) is 7.09. The van der Waals surface area contributed by atoms with Gasteiger partial charge < -0.3 is 9.69 Å². The molecule has 3 aromatic rings. The summed E-state index contributed by atoms with van der Waals surface area (Å²) in [6.45, 7) is 7.79. The Bertz CT molecular complexity index is 1380. The Morgan fingerprint density at radius 3 is 2.53 bits per heavy atom. The van der Waals surface area contributed by atoms with E-state index in [1.54, 1.807) is 6.07 Å². The van der Waals surface area contributed by atoms with E-state index >= 15 is 0 Å². The molecule has 0 radical (unpaired) electrons. The van der Waals surface area contributed by atoms with E-state index in [1.165, 1.54) is 43.4 Å². The molecule has 36 heavy (non-hydrogen) atoms. The number of benzene rings is 2. The lowest BCUT2D eigenvalue weighted by molar-refractivity contribution is -0.112. The molecule has 2 aliphatic heterocycles. The SMILES string of the molecule is CC1(C)c2cc(C3CCN(CC4CCC(C=O)CC4)CC3)ccc2-n2c1nc(=O)c1c(Cl)cccc12. The van der Waals surface area contributed by atoms with Gasteiger partial charge in [-0.15, -0.1) is 0 Å². The molecule has 0 N–H and O–H groups in total. The molecule has 1 saturated heterocycles. The number of hydrogen-bond donors (Lipinski definition) is 0. The van der Waals surface area contributed by atoms with Gasteiger partial charge in [-0.3, -0.25) is 9.36 Å². The normalized spacial score (nSPS) is 24.0. The maximum atomic E-state index is 12.9. The number of nitrogens with zero attached hydrogens (tertiary/aromatic N) is 3. The summed E-state index contributed by atoms with van der Waals surface area (Å²) in [7, 11) is 0. The molecule has 3 aliphatic rings. The molecule has 2 fully saturated rings. The van der Waals surface area contributed by atoms with Crippen molar-refractivity contribution in [1.29, 1.82) is 0 Å². The Labute approximate surface area is 217 Å². The molecule has 1 aromatic heterocycles. The van der Waals surface area contributed by atoms with Crippen LogP contribution in [-0.4, -0.2) is 40.4 Å². The molecular formula is C30H34ClN3O2. The van der Waals surface area contributed by atoms with Gasteiger partial charge in [-0.25, -0.2) is 0 Å². The van der Waals surface area contributed by atoms with Crippen LogP contribution in [0.3, 0.4) is 0 Å². The minimum atomic E-state index is -0.359. The number of rotatable bonds is 4. The van der Waals surface area contributed by atoms with Gasteiger partial charge in [0.15, 0.2) is 0 Å². The van der Waals surface area contributed by atoms with Gasteiger partial charge in [0.05, 0.1) is 27.0 Å². The van der Waals surface area contributed by atoms with Crippen molar-refractivity contribution in [2.75, 3.05) is 19.6 Å². The summed E-state index contributed by atoms with van der Waals surface area (Å²) in [6.07, 6.45) is 8.03. The van der Waals surface area contributed by atoms with Gasteiger partial charge >= 0.3 is 0 Å². The third-order valence-corrected chi connectivity index (χ3v) is 9.33. The zero-order valence-corrected chi connectivity index (χ0v) is 21.9. The van der Waals surface area contributed by atoms with Gasteiger partial charge in [-0.05, 0) is 107 Å². The number of likely N-dealkylation sites (tertiary alicyclic amines) is 1. The third-order valence-electron chi connectivity index (χ3n) is 9.02. The lowest BCUT2D eigenvalue weighted by Gasteiger charge is -2.36. The van der Waals surface area contributed by atoms with E-state index in [1.807, 2.05) is 12.1 Å². The van der Waals surface area contributed by atoms with Crippen molar-refractivity contribution >= 4 is 28.8 Å². The second kappa shape index (κ2) is 9.11. The number of hydrogen-bond acceptors (Lipinski definition) is 4. The average Bonchev–Trinajstić information content (AvgIpc) is 3.11. The van der Waals surface area contributed by atoms with Crippen molar-refractivity contribution in [3.63, 3.8) is 0 Å². The van der Waals surface area contributed by atoms with Gasteiger partial charge in [-0.1, -0.05) is 29.8 Å². The number of aldehydes is 1. The van der Waals surface area contributed by atoms with Crippen LogP contribution >= 0.6 is 11.6 Å². The summed E-state index contributed by atoms with van der Waals surface area (Å²) >= 11 is 6.40. The quantitative estimate of drug-likeness (QED) is 0.418. The smallest absolute Gasteiger partial charge is 0.282 e. The lowest BCUT2D eigenvalue weighted by Crippen LogP contribution is -2.37. The minimum absolute atomic E-state index is 0.255. The van der Waals surface area contributed by atoms with Gasteiger partial charge in [0.1, 0.15) is 12.1 Å². The van der Waals surface area contributed by atoms with Gasteiger partial charge in [0.25, 0.3) is 5.56 Å². The first-order valence-corrected chi connectivity index (χ1v) is 13.8. The largest absolute Gasteiger partial charge is 0.303 e. The molecular weight excluding hydrogens is 470 g/mol. The topological polar surface area (TPSA) is 55.2 Å². The number of aromatic nitrogens is 2. The molecule has 6 rings (SSSR count). The predicted molar refractivity (Wildman–Crippen MR) is 144 cm³/mol. The number of halogens is 1. The van der Waals surface area contributed by atoms with Crippen molar-refractivity contribution in [2.24, 2.45) is 11.8 Å². The molecule has 5 nitrogen and oxygen atoms in total. The summed E-state index contributed by atoms with van der Waals surface area (Å²) in [5.74, 6) is 2.38. The van der Waals surface area contributed by atoms with Crippen LogP contribution in [0.1, 0.15) is 75.2 Å². The third kappa shape index (κ3) is 3.92. The monoisotopic (exact) mass is 503 g/mol. The number of fused-ring (bicyclic) bond motifs is 5. The summed E-state index contributed by atoms with van der Waals surface area (Å²) < 4.78 is 2.13. The second-order valence-electron chi connectivity index (χ2n) is 11.6. The first-order valence-electron chi connectivity index (χ1n) is 13.4. The maximum absolute atomic E-state index is 12.9. The second-order valence-corrected chi connectivity index (χ2v) is 12.0. The van der Waals surface area contributed by atoms with E-state index in [9.17, 15) is 9.59 Å². The highest BCUT2D eigenvalue weighted by atomic mass is 35.5. The van der Waals surface area contributed by atoms with Crippen molar-refractivity contribution in [3.8, 4) is 5.69 Å². The lowest BCUT2D eigenvalue weighted by atomic mass is 9.80. The molecule has 0 atom stereocenters. The highest BCUT2D eigenvalue weighted by Gasteiger charge is 2.39. The van der Waals surface area contributed by atoms with E-state index in [2.05, 4.69) is 46.5 Å². The van der Waals surface area contributed by atoms with Gasteiger partial charge in [0, 0.05) is 12.5 Å². The zero-order valence-electron chi connectivity index (χ0n) is 21.2. The van der Waals surface area contributed by atoms with Crippen LogP contribution < -0.4 is 5.56 Å². The summed E-state index contributed by atoms with van der Waals surface area (Å²) in [5.41, 5.74) is 3.94. The average molecular weight is 504 g/mol.